The molecule has 108 valence electrons. The van der Waals surface area contributed by atoms with Gasteiger partial charge in [0.1, 0.15) is 5.56 Å². The molecule has 0 spiro atoms. The highest BCUT2D eigenvalue weighted by molar-refractivity contribution is 9.10. The standard InChI is InChI=1S/C13H14BrNO5/c1-7(2)8(3)12(16)20-13(17)9-5-4-6-10(14)11(9)15(18)19/h4-8H,1-3H3. The first kappa shape index (κ1) is 16.3. The Morgan fingerprint density at radius 2 is 1.90 bits per heavy atom. The van der Waals surface area contributed by atoms with Crippen LogP contribution in [0.5, 0.6) is 0 Å². The lowest BCUT2D eigenvalue weighted by Crippen LogP contribution is -2.23. The molecule has 7 heteroatoms. The number of ether oxygens (including phenoxy) is 1. The molecular formula is C13H14BrNO5. The molecule has 0 aliphatic rings. The lowest BCUT2D eigenvalue weighted by molar-refractivity contribution is -0.386. The number of nitrogens with zero attached hydrogens (tertiary/aromatic N) is 1. The Hall–Kier alpha value is -1.76. The first-order valence-corrected chi connectivity index (χ1v) is 6.74. The van der Waals surface area contributed by atoms with E-state index in [2.05, 4.69) is 15.9 Å². The zero-order chi connectivity index (χ0) is 15.4. The van der Waals surface area contributed by atoms with Gasteiger partial charge in [-0.3, -0.25) is 14.9 Å². The number of esters is 2. The number of carbonyl (C=O) groups excluding carboxylic acids is 2. The topological polar surface area (TPSA) is 86.5 Å². The summed E-state index contributed by atoms with van der Waals surface area (Å²) in [7, 11) is 0. The van der Waals surface area contributed by atoms with Gasteiger partial charge in [0, 0.05) is 0 Å². The van der Waals surface area contributed by atoms with Crippen LogP contribution in [0.4, 0.5) is 5.69 Å². The molecule has 0 aliphatic heterocycles. The first-order valence-electron chi connectivity index (χ1n) is 5.94. The highest BCUT2D eigenvalue weighted by Gasteiger charge is 2.28. The third-order valence-corrected chi connectivity index (χ3v) is 3.59. The summed E-state index contributed by atoms with van der Waals surface area (Å²) < 4.78 is 4.86. The molecule has 0 fully saturated rings. The Morgan fingerprint density at radius 1 is 1.30 bits per heavy atom. The van der Waals surface area contributed by atoms with E-state index in [1.54, 1.807) is 6.92 Å². The van der Waals surface area contributed by atoms with Gasteiger partial charge in [-0.1, -0.05) is 26.8 Å². The predicted molar refractivity (Wildman–Crippen MR) is 75.2 cm³/mol. The number of nitro groups is 1. The Labute approximate surface area is 124 Å². The smallest absolute Gasteiger partial charge is 0.352 e. The van der Waals surface area contributed by atoms with Crippen LogP contribution in [0.25, 0.3) is 0 Å². The Bertz CT molecular complexity index is 556. The molecule has 0 N–H and O–H groups in total. The third-order valence-electron chi connectivity index (χ3n) is 2.95. The molecule has 0 radical (unpaired) electrons. The fraction of sp³-hybridized carbons (Fsp3) is 0.385. The number of nitro benzene ring substituents is 1. The van der Waals surface area contributed by atoms with E-state index in [4.69, 9.17) is 4.74 Å². The van der Waals surface area contributed by atoms with Crippen molar-refractivity contribution in [1.82, 2.24) is 0 Å². The molecule has 0 bridgehead atoms. The van der Waals surface area contributed by atoms with E-state index in [0.29, 0.717) is 0 Å². The van der Waals surface area contributed by atoms with E-state index in [9.17, 15) is 19.7 Å². The van der Waals surface area contributed by atoms with Gasteiger partial charge in [0.15, 0.2) is 0 Å². The summed E-state index contributed by atoms with van der Waals surface area (Å²) >= 11 is 3.00. The van der Waals surface area contributed by atoms with Crippen molar-refractivity contribution in [3.63, 3.8) is 0 Å². The van der Waals surface area contributed by atoms with Crippen molar-refractivity contribution in [2.45, 2.75) is 20.8 Å². The molecule has 0 saturated heterocycles. The Balaban J connectivity index is 3.02. The van der Waals surface area contributed by atoms with Gasteiger partial charge in [0.2, 0.25) is 0 Å². The predicted octanol–water partition coefficient (Wildman–Crippen LogP) is 3.33. The molecule has 0 amide bonds. The van der Waals surface area contributed by atoms with Gasteiger partial charge >= 0.3 is 11.9 Å². The minimum atomic E-state index is -1.02. The summed E-state index contributed by atoms with van der Waals surface area (Å²) in [6.45, 7) is 5.27. The second kappa shape index (κ2) is 6.60. The maximum absolute atomic E-state index is 11.9. The second-order valence-corrected chi connectivity index (χ2v) is 5.49. The van der Waals surface area contributed by atoms with E-state index in [0.717, 1.165) is 0 Å². The fourth-order valence-electron chi connectivity index (χ4n) is 1.38. The van der Waals surface area contributed by atoms with Gasteiger partial charge in [-0.05, 0) is 34.0 Å². The first-order chi connectivity index (χ1) is 9.25. The van der Waals surface area contributed by atoms with E-state index in [1.807, 2.05) is 13.8 Å². The van der Waals surface area contributed by atoms with Gasteiger partial charge in [0.25, 0.3) is 5.69 Å². The van der Waals surface area contributed by atoms with Gasteiger partial charge in [0.05, 0.1) is 15.3 Å². The van der Waals surface area contributed by atoms with Gasteiger partial charge in [-0.2, -0.15) is 0 Å². The van der Waals surface area contributed by atoms with Gasteiger partial charge in [-0.25, -0.2) is 4.79 Å². The van der Waals surface area contributed by atoms with E-state index in [-0.39, 0.29) is 16.0 Å². The quantitative estimate of drug-likeness (QED) is 0.362. The fourth-order valence-corrected chi connectivity index (χ4v) is 1.89. The van der Waals surface area contributed by atoms with Crippen LogP contribution in [0.1, 0.15) is 31.1 Å². The lowest BCUT2D eigenvalue weighted by Gasteiger charge is -2.13. The molecule has 6 nitrogen and oxygen atoms in total. The number of para-hydroxylation sites is 1. The lowest BCUT2D eigenvalue weighted by atomic mass is 9.98. The number of hydrogen-bond acceptors (Lipinski definition) is 5. The van der Waals surface area contributed by atoms with Crippen LogP contribution in [0.15, 0.2) is 22.7 Å². The van der Waals surface area contributed by atoms with Crippen molar-refractivity contribution < 1.29 is 19.2 Å². The highest BCUT2D eigenvalue weighted by Crippen LogP contribution is 2.29. The molecule has 0 heterocycles. The largest absolute Gasteiger partial charge is 0.389 e. The normalized spacial score (nSPS) is 12.1. The van der Waals surface area contributed by atoms with Crippen LogP contribution in [-0.2, 0) is 9.53 Å². The molecule has 0 saturated carbocycles. The number of carbonyl (C=O) groups is 2. The maximum atomic E-state index is 11.9. The minimum Gasteiger partial charge on any atom is -0.389 e. The molecule has 0 aliphatic carbocycles. The van der Waals surface area contributed by atoms with Crippen molar-refractivity contribution in [3.05, 3.63) is 38.3 Å². The summed E-state index contributed by atoms with van der Waals surface area (Å²) in [6, 6.07) is 4.15. The van der Waals surface area contributed by atoms with E-state index < -0.39 is 28.5 Å². The van der Waals surface area contributed by atoms with Crippen LogP contribution in [-0.4, -0.2) is 16.9 Å². The Morgan fingerprint density at radius 3 is 2.40 bits per heavy atom. The highest BCUT2D eigenvalue weighted by atomic mass is 79.9. The summed E-state index contributed by atoms with van der Waals surface area (Å²) in [6.07, 6.45) is 0. The molecule has 1 unspecified atom stereocenters. The average Bonchev–Trinajstić information content (AvgIpc) is 2.36. The van der Waals surface area contributed by atoms with Crippen molar-refractivity contribution in [3.8, 4) is 0 Å². The zero-order valence-electron chi connectivity index (χ0n) is 11.3. The van der Waals surface area contributed by atoms with E-state index in [1.165, 1.54) is 18.2 Å². The Kier molecular flexibility index (Phi) is 5.38. The zero-order valence-corrected chi connectivity index (χ0v) is 12.8. The van der Waals surface area contributed by atoms with Crippen molar-refractivity contribution in [2.24, 2.45) is 11.8 Å². The third kappa shape index (κ3) is 3.63. The average molecular weight is 344 g/mol. The summed E-state index contributed by atoms with van der Waals surface area (Å²) in [5.74, 6) is -2.17. The maximum Gasteiger partial charge on any atom is 0.352 e. The van der Waals surface area contributed by atoms with Crippen molar-refractivity contribution >= 4 is 33.6 Å². The van der Waals surface area contributed by atoms with Crippen molar-refractivity contribution in [2.75, 3.05) is 0 Å². The van der Waals surface area contributed by atoms with Crippen LogP contribution in [0.3, 0.4) is 0 Å². The molecular weight excluding hydrogens is 330 g/mol. The van der Waals surface area contributed by atoms with Gasteiger partial charge < -0.3 is 4.74 Å². The van der Waals surface area contributed by atoms with Crippen LogP contribution >= 0.6 is 15.9 Å². The second-order valence-electron chi connectivity index (χ2n) is 4.63. The molecule has 20 heavy (non-hydrogen) atoms. The summed E-state index contributed by atoms with van der Waals surface area (Å²) in [4.78, 5) is 33.9. The minimum absolute atomic E-state index is 0.00722. The van der Waals surface area contributed by atoms with Crippen LogP contribution in [0, 0.1) is 22.0 Å². The van der Waals surface area contributed by atoms with E-state index >= 15 is 0 Å². The van der Waals surface area contributed by atoms with Crippen LogP contribution < -0.4 is 0 Å². The van der Waals surface area contributed by atoms with Crippen LogP contribution in [0.2, 0.25) is 0 Å². The summed E-state index contributed by atoms with van der Waals surface area (Å²) in [5.41, 5.74) is -0.670. The SMILES string of the molecule is CC(C)C(C)C(=O)OC(=O)c1cccc(Br)c1[N+](=O)[O-]. The number of benzene rings is 1. The summed E-state index contributed by atoms with van der Waals surface area (Å²) in [5, 5.41) is 11.0. The monoisotopic (exact) mass is 343 g/mol. The number of hydrogen-bond donors (Lipinski definition) is 0. The molecule has 1 rings (SSSR count). The molecule has 1 aromatic rings. The number of rotatable bonds is 4. The van der Waals surface area contributed by atoms with Gasteiger partial charge in [-0.15, -0.1) is 0 Å². The number of halogens is 1. The molecule has 0 aromatic heterocycles. The van der Waals surface area contributed by atoms with Crippen molar-refractivity contribution in [1.29, 1.82) is 0 Å². The molecule has 1 aromatic carbocycles. The molecule has 1 atom stereocenters.